The molecule has 20 heavy (non-hydrogen) atoms. The van der Waals surface area contributed by atoms with Crippen LogP contribution in [0.4, 0.5) is 10.2 Å². The van der Waals surface area contributed by atoms with E-state index in [1.807, 2.05) is 6.20 Å². The number of halogens is 1. The fourth-order valence-corrected chi connectivity index (χ4v) is 2.79. The summed E-state index contributed by atoms with van der Waals surface area (Å²) < 4.78 is 18.7. The number of hydrogen-bond donors (Lipinski definition) is 1. The van der Waals surface area contributed by atoms with Crippen molar-refractivity contribution in [1.82, 2.24) is 9.97 Å². The van der Waals surface area contributed by atoms with Crippen molar-refractivity contribution in [2.75, 3.05) is 19.0 Å². The van der Waals surface area contributed by atoms with Crippen LogP contribution in [0.15, 0.2) is 24.4 Å². The van der Waals surface area contributed by atoms with E-state index in [4.69, 9.17) is 4.74 Å². The number of ether oxygens (including phenoxy) is 1. The molecular formula is C15H14FN3O. The fraction of sp³-hybridized carbons (Fsp3) is 0.333. The third-order valence-electron chi connectivity index (χ3n) is 4.22. The van der Waals surface area contributed by atoms with E-state index in [0.29, 0.717) is 11.4 Å². The van der Waals surface area contributed by atoms with E-state index in [-0.39, 0.29) is 11.2 Å². The summed E-state index contributed by atoms with van der Waals surface area (Å²) in [5.74, 6) is 1.25. The molecule has 0 atom stereocenters. The molecule has 0 bridgehead atoms. The van der Waals surface area contributed by atoms with E-state index in [0.717, 1.165) is 12.4 Å². The van der Waals surface area contributed by atoms with Crippen LogP contribution in [0.5, 0.6) is 5.75 Å². The van der Waals surface area contributed by atoms with Gasteiger partial charge in [-0.15, -0.1) is 0 Å². The molecule has 1 aliphatic heterocycles. The average Bonchev–Trinajstić information content (AvgIpc) is 3.16. The Morgan fingerprint density at radius 1 is 1.35 bits per heavy atom. The van der Waals surface area contributed by atoms with Crippen molar-refractivity contribution in [3.63, 3.8) is 0 Å². The summed E-state index contributed by atoms with van der Waals surface area (Å²) in [5.41, 5.74) is 2.14. The number of hydrogen-bond acceptors (Lipinski definition) is 4. The molecule has 0 amide bonds. The Kier molecular flexibility index (Phi) is 2.28. The lowest BCUT2D eigenvalue weighted by Crippen LogP contribution is -2.08. The van der Waals surface area contributed by atoms with Gasteiger partial charge in [-0.25, -0.2) is 14.4 Å². The maximum Gasteiger partial charge on any atom is 0.165 e. The standard InChI is InChI=1S/C15H14FN3O/c1-20-12-3-2-9(6-11(12)16)13-17-7-10-14(19-13)18-8-15(10)4-5-15/h2-3,6-7H,4-5,8H2,1H3,(H,17,18,19). The number of aromatic nitrogens is 2. The minimum absolute atomic E-state index is 0.227. The molecule has 0 saturated heterocycles. The Balaban J connectivity index is 1.75. The highest BCUT2D eigenvalue weighted by molar-refractivity contribution is 5.64. The summed E-state index contributed by atoms with van der Waals surface area (Å²) >= 11 is 0. The lowest BCUT2D eigenvalue weighted by molar-refractivity contribution is 0.386. The van der Waals surface area contributed by atoms with Gasteiger partial charge >= 0.3 is 0 Å². The first-order chi connectivity index (χ1) is 9.72. The van der Waals surface area contributed by atoms with Crippen LogP contribution in [0.3, 0.4) is 0 Å². The highest BCUT2D eigenvalue weighted by atomic mass is 19.1. The Labute approximate surface area is 116 Å². The largest absolute Gasteiger partial charge is 0.494 e. The SMILES string of the molecule is COc1ccc(-c2ncc3c(n2)NCC32CC2)cc1F. The molecule has 1 fully saturated rings. The van der Waals surface area contributed by atoms with Crippen molar-refractivity contribution in [2.24, 2.45) is 0 Å². The smallest absolute Gasteiger partial charge is 0.165 e. The molecule has 1 aliphatic carbocycles. The zero-order valence-corrected chi connectivity index (χ0v) is 11.1. The van der Waals surface area contributed by atoms with E-state index < -0.39 is 5.82 Å². The molecule has 1 saturated carbocycles. The van der Waals surface area contributed by atoms with Gasteiger partial charge in [0.15, 0.2) is 17.4 Å². The Bertz CT molecular complexity index is 698. The van der Waals surface area contributed by atoms with Gasteiger partial charge in [0, 0.05) is 29.3 Å². The van der Waals surface area contributed by atoms with Gasteiger partial charge < -0.3 is 10.1 Å². The minimum atomic E-state index is -0.402. The van der Waals surface area contributed by atoms with Gasteiger partial charge in [0.25, 0.3) is 0 Å². The summed E-state index contributed by atoms with van der Waals surface area (Å²) in [5, 5.41) is 3.33. The first kappa shape index (κ1) is 11.6. The Morgan fingerprint density at radius 2 is 2.20 bits per heavy atom. The van der Waals surface area contributed by atoms with Crippen LogP contribution in [-0.2, 0) is 5.41 Å². The fourth-order valence-electron chi connectivity index (χ4n) is 2.79. The molecule has 4 rings (SSSR count). The number of benzene rings is 1. The third-order valence-corrected chi connectivity index (χ3v) is 4.22. The van der Waals surface area contributed by atoms with Crippen LogP contribution in [0.2, 0.25) is 0 Å². The molecular weight excluding hydrogens is 257 g/mol. The molecule has 2 aromatic rings. The van der Waals surface area contributed by atoms with E-state index in [9.17, 15) is 4.39 Å². The Morgan fingerprint density at radius 3 is 2.90 bits per heavy atom. The summed E-state index contributed by atoms with van der Waals surface area (Å²) in [6.07, 6.45) is 4.28. The zero-order chi connectivity index (χ0) is 13.7. The molecule has 4 nitrogen and oxygen atoms in total. The van der Waals surface area contributed by atoms with Gasteiger partial charge in [-0.05, 0) is 31.0 Å². The van der Waals surface area contributed by atoms with E-state index in [1.54, 1.807) is 12.1 Å². The number of methoxy groups -OCH3 is 1. The van der Waals surface area contributed by atoms with Gasteiger partial charge in [-0.2, -0.15) is 0 Å². The molecule has 102 valence electrons. The average molecular weight is 271 g/mol. The first-order valence-electron chi connectivity index (χ1n) is 6.67. The minimum Gasteiger partial charge on any atom is -0.494 e. The number of rotatable bonds is 2. The summed E-state index contributed by atoms with van der Waals surface area (Å²) in [7, 11) is 1.45. The summed E-state index contributed by atoms with van der Waals surface area (Å²) in [4.78, 5) is 8.92. The topological polar surface area (TPSA) is 47.0 Å². The van der Waals surface area contributed by atoms with Crippen LogP contribution in [0.25, 0.3) is 11.4 Å². The van der Waals surface area contributed by atoms with E-state index in [1.165, 1.54) is 31.6 Å². The summed E-state index contributed by atoms with van der Waals surface area (Å²) in [6, 6.07) is 4.77. The number of fused-ring (bicyclic) bond motifs is 2. The van der Waals surface area contributed by atoms with Gasteiger partial charge in [0.2, 0.25) is 0 Å². The molecule has 5 heteroatoms. The Hall–Kier alpha value is -2.17. The van der Waals surface area contributed by atoms with E-state index >= 15 is 0 Å². The lowest BCUT2D eigenvalue weighted by Gasteiger charge is -2.07. The maximum atomic E-state index is 13.7. The quantitative estimate of drug-likeness (QED) is 0.912. The second kappa shape index (κ2) is 3.91. The normalized spacial score (nSPS) is 17.7. The van der Waals surface area contributed by atoms with Crippen LogP contribution >= 0.6 is 0 Å². The molecule has 0 radical (unpaired) electrons. The molecule has 2 heterocycles. The second-order valence-electron chi connectivity index (χ2n) is 5.44. The molecule has 2 aliphatic rings. The van der Waals surface area contributed by atoms with Crippen LogP contribution in [0.1, 0.15) is 18.4 Å². The monoisotopic (exact) mass is 271 g/mol. The highest BCUT2D eigenvalue weighted by Crippen LogP contribution is 2.53. The number of anilines is 1. The zero-order valence-electron chi connectivity index (χ0n) is 11.1. The third kappa shape index (κ3) is 1.59. The van der Waals surface area contributed by atoms with Crippen molar-refractivity contribution in [1.29, 1.82) is 0 Å². The molecule has 1 N–H and O–H groups in total. The lowest BCUT2D eigenvalue weighted by atomic mass is 10.0. The maximum absolute atomic E-state index is 13.7. The molecule has 1 spiro atoms. The first-order valence-corrected chi connectivity index (χ1v) is 6.67. The van der Waals surface area contributed by atoms with Gasteiger partial charge in [0.1, 0.15) is 5.82 Å². The van der Waals surface area contributed by atoms with Gasteiger partial charge in [-0.3, -0.25) is 0 Å². The van der Waals surface area contributed by atoms with Gasteiger partial charge in [-0.1, -0.05) is 0 Å². The van der Waals surface area contributed by atoms with Crippen LogP contribution in [0, 0.1) is 5.82 Å². The van der Waals surface area contributed by atoms with Crippen molar-refractivity contribution in [3.05, 3.63) is 35.8 Å². The van der Waals surface area contributed by atoms with Crippen LogP contribution in [-0.4, -0.2) is 23.6 Å². The predicted molar refractivity (Wildman–Crippen MR) is 73.4 cm³/mol. The number of nitrogens with zero attached hydrogens (tertiary/aromatic N) is 2. The predicted octanol–water partition coefficient (Wildman–Crippen LogP) is 2.75. The molecule has 1 aromatic heterocycles. The number of nitrogens with one attached hydrogen (secondary N) is 1. The highest BCUT2D eigenvalue weighted by Gasteiger charge is 2.49. The van der Waals surface area contributed by atoms with Crippen LogP contribution < -0.4 is 10.1 Å². The second-order valence-corrected chi connectivity index (χ2v) is 5.44. The van der Waals surface area contributed by atoms with Crippen molar-refractivity contribution in [2.45, 2.75) is 18.3 Å². The van der Waals surface area contributed by atoms with Crippen molar-refractivity contribution < 1.29 is 9.13 Å². The van der Waals surface area contributed by atoms with Crippen molar-refractivity contribution >= 4 is 5.82 Å². The van der Waals surface area contributed by atoms with E-state index in [2.05, 4.69) is 15.3 Å². The van der Waals surface area contributed by atoms with Crippen molar-refractivity contribution in [3.8, 4) is 17.1 Å². The van der Waals surface area contributed by atoms with Gasteiger partial charge in [0.05, 0.1) is 7.11 Å². The molecule has 1 aromatic carbocycles. The summed E-state index contributed by atoms with van der Waals surface area (Å²) in [6.45, 7) is 0.942. The molecule has 0 unspecified atom stereocenters.